The second-order valence-corrected chi connectivity index (χ2v) is 13.7. The van der Waals surface area contributed by atoms with Crippen LogP contribution in [-0.4, -0.2) is 56.3 Å². The smallest absolute Gasteiger partial charge is 0.232 e. The minimum Gasteiger partial charge on any atom is -0.493 e. The molecule has 2 atom stereocenters. The average molecular weight is 599 g/mol. The van der Waals surface area contributed by atoms with Gasteiger partial charge in [0.1, 0.15) is 0 Å². The van der Waals surface area contributed by atoms with Gasteiger partial charge < -0.3 is 19.5 Å². The third-order valence-electron chi connectivity index (χ3n) is 7.98. The first-order chi connectivity index (χ1) is 19.3. The molecule has 1 amide bonds. The maximum absolute atomic E-state index is 13.8. The van der Waals surface area contributed by atoms with E-state index in [-0.39, 0.29) is 37.4 Å². The summed E-state index contributed by atoms with van der Waals surface area (Å²) in [6.45, 7) is 6.12. The van der Waals surface area contributed by atoms with Gasteiger partial charge in [0, 0.05) is 29.7 Å². The van der Waals surface area contributed by atoms with E-state index in [0.29, 0.717) is 27.8 Å². The highest BCUT2D eigenvalue weighted by Gasteiger charge is 2.45. The molecule has 5 rings (SSSR count). The number of fused-ring (bicyclic) bond motifs is 1. The molecule has 1 saturated heterocycles. The van der Waals surface area contributed by atoms with E-state index in [4.69, 9.17) is 21.1 Å². The van der Waals surface area contributed by atoms with Gasteiger partial charge in [0.15, 0.2) is 11.5 Å². The Bertz CT molecular complexity index is 1550. The lowest BCUT2D eigenvalue weighted by molar-refractivity contribution is -0.118. The van der Waals surface area contributed by atoms with Crippen molar-refractivity contribution in [2.45, 2.75) is 44.9 Å². The molecule has 3 aromatic carbocycles. The number of aliphatic hydroxyl groups is 1. The van der Waals surface area contributed by atoms with Crippen LogP contribution in [0.1, 0.15) is 49.1 Å². The van der Waals surface area contributed by atoms with Crippen LogP contribution in [-0.2, 0) is 26.8 Å². The van der Waals surface area contributed by atoms with Crippen LogP contribution in [0.3, 0.4) is 0 Å². The second-order valence-electron chi connectivity index (χ2n) is 11.2. The van der Waals surface area contributed by atoms with Crippen molar-refractivity contribution in [3.05, 3.63) is 87.9 Å². The Morgan fingerprint density at radius 3 is 2.22 bits per heavy atom. The maximum atomic E-state index is 13.8. The molecule has 0 radical (unpaired) electrons. The lowest BCUT2D eigenvalue weighted by Crippen LogP contribution is -2.56. The molecule has 2 aliphatic rings. The molecule has 218 valence electrons. The first kappa shape index (κ1) is 29.4. The zero-order valence-corrected chi connectivity index (χ0v) is 25.4. The topological polar surface area (TPSA) is 96.4 Å². The van der Waals surface area contributed by atoms with Gasteiger partial charge in [-0.15, -0.1) is 0 Å². The maximum Gasteiger partial charge on any atom is 0.232 e. The molecule has 0 aromatic heterocycles. The first-order valence-corrected chi connectivity index (χ1v) is 15.7. The van der Waals surface area contributed by atoms with Crippen molar-refractivity contribution in [3.63, 3.8) is 0 Å². The van der Waals surface area contributed by atoms with Crippen LogP contribution < -0.4 is 14.4 Å². The number of sulfonamides is 1. The number of methoxy groups -OCH3 is 1. The number of nitrogens with zero attached hydrogens (tertiary/aromatic N) is 2. The Hall–Kier alpha value is -3.11. The number of ether oxygens (including phenoxy) is 2. The van der Waals surface area contributed by atoms with Crippen molar-refractivity contribution in [1.29, 1.82) is 0 Å². The molecule has 0 saturated carbocycles. The predicted octanol–water partition coefficient (Wildman–Crippen LogP) is 4.91. The number of amides is 1. The zero-order chi connectivity index (χ0) is 29.7. The van der Waals surface area contributed by atoms with E-state index in [0.717, 1.165) is 16.7 Å². The molecule has 10 heteroatoms. The average Bonchev–Trinajstić information content (AvgIpc) is 2.86. The molecule has 0 aliphatic carbocycles. The SMILES string of the molecule is COc1cc2c(cc1OC(C)C)C(c1ccc(Cl)cc1)N(c1ccc([C@@](C)(O)C3CN(S(C)(=O)=O)C3)cc1)C(=O)C2. The van der Waals surface area contributed by atoms with E-state index < -0.39 is 21.7 Å². The summed E-state index contributed by atoms with van der Waals surface area (Å²) in [6, 6.07) is 18.1. The fourth-order valence-electron chi connectivity index (χ4n) is 5.59. The number of halogens is 1. The van der Waals surface area contributed by atoms with Crippen LogP contribution in [0.15, 0.2) is 60.7 Å². The standard InChI is InChI=1S/C31H35ClN2O6S/c1-19(2)40-28-16-26-21(14-27(28)39-4)15-29(35)34(30(26)20-6-10-24(32)11-7-20)25-12-8-22(9-13-25)31(3,36)23-17-33(18-23)41(5,37)38/h6-14,16,19,23,30,36H,15,17-18H2,1-5H3/t30?,31-/m1/s1. The minimum absolute atomic E-state index is 0.0715. The molecule has 0 spiro atoms. The van der Waals surface area contributed by atoms with Crippen LogP contribution in [0.25, 0.3) is 0 Å². The summed E-state index contributed by atoms with van der Waals surface area (Å²) in [4.78, 5) is 15.5. The Kier molecular flexibility index (Phi) is 7.84. The third kappa shape index (κ3) is 5.68. The monoisotopic (exact) mass is 598 g/mol. The summed E-state index contributed by atoms with van der Waals surface area (Å²) < 4.78 is 36.7. The van der Waals surface area contributed by atoms with Crippen LogP contribution in [0.2, 0.25) is 5.02 Å². The first-order valence-electron chi connectivity index (χ1n) is 13.5. The van der Waals surface area contributed by atoms with Gasteiger partial charge in [-0.05, 0) is 79.4 Å². The minimum atomic E-state index is -3.29. The zero-order valence-electron chi connectivity index (χ0n) is 23.8. The Morgan fingerprint density at radius 1 is 1.02 bits per heavy atom. The molecular formula is C31H35ClN2O6S. The van der Waals surface area contributed by atoms with Crippen molar-refractivity contribution >= 4 is 33.2 Å². The molecule has 3 aromatic rings. The quantitative estimate of drug-likeness (QED) is 0.396. The van der Waals surface area contributed by atoms with E-state index >= 15 is 0 Å². The molecule has 8 nitrogen and oxygen atoms in total. The molecule has 1 fully saturated rings. The van der Waals surface area contributed by atoms with Crippen molar-refractivity contribution in [3.8, 4) is 11.5 Å². The highest BCUT2D eigenvalue weighted by molar-refractivity contribution is 7.88. The number of anilines is 1. The van der Waals surface area contributed by atoms with Gasteiger partial charge in [0.25, 0.3) is 0 Å². The van der Waals surface area contributed by atoms with E-state index in [1.54, 1.807) is 18.9 Å². The predicted molar refractivity (Wildman–Crippen MR) is 159 cm³/mol. The van der Waals surface area contributed by atoms with E-state index in [9.17, 15) is 18.3 Å². The fraction of sp³-hybridized carbons (Fsp3) is 0.387. The summed E-state index contributed by atoms with van der Waals surface area (Å²) in [7, 11) is -1.71. The van der Waals surface area contributed by atoms with Crippen molar-refractivity contribution in [2.24, 2.45) is 5.92 Å². The Balaban J connectivity index is 1.54. The van der Waals surface area contributed by atoms with Gasteiger partial charge in [-0.25, -0.2) is 12.7 Å². The molecule has 41 heavy (non-hydrogen) atoms. The van der Waals surface area contributed by atoms with Crippen LogP contribution in [0.4, 0.5) is 5.69 Å². The number of hydrogen-bond acceptors (Lipinski definition) is 6. The van der Waals surface area contributed by atoms with Crippen LogP contribution in [0.5, 0.6) is 11.5 Å². The van der Waals surface area contributed by atoms with Gasteiger partial charge in [-0.2, -0.15) is 0 Å². The van der Waals surface area contributed by atoms with E-state index in [2.05, 4.69) is 0 Å². The summed E-state index contributed by atoms with van der Waals surface area (Å²) in [5.74, 6) is 0.859. The lowest BCUT2D eigenvalue weighted by atomic mass is 9.79. The molecule has 1 N–H and O–H groups in total. The summed E-state index contributed by atoms with van der Waals surface area (Å²) >= 11 is 6.21. The second kappa shape index (κ2) is 10.9. The largest absolute Gasteiger partial charge is 0.493 e. The number of carbonyl (C=O) groups excluding carboxylic acids is 1. The van der Waals surface area contributed by atoms with Crippen LogP contribution in [0, 0.1) is 5.92 Å². The normalized spacial score (nSPS) is 19.5. The number of carbonyl (C=O) groups is 1. The van der Waals surface area contributed by atoms with E-state index in [1.807, 2.05) is 74.5 Å². The number of rotatable bonds is 8. The van der Waals surface area contributed by atoms with Gasteiger partial charge in [0.2, 0.25) is 15.9 Å². The molecule has 0 bridgehead atoms. The van der Waals surface area contributed by atoms with Gasteiger partial charge >= 0.3 is 0 Å². The Labute approximate surface area is 246 Å². The van der Waals surface area contributed by atoms with E-state index in [1.165, 1.54) is 10.6 Å². The molecule has 1 unspecified atom stereocenters. The van der Waals surface area contributed by atoms with Gasteiger partial charge in [-0.3, -0.25) is 4.79 Å². The number of hydrogen-bond donors (Lipinski definition) is 1. The van der Waals surface area contributed by atoms with Crippen LogP contribution >= 0.6 is 11.6 Å². The third-order valence-corrected chi connectivity index (χ3v) is 9.47. The summed E-state index contributed by atoms with van der Waals surface area (Å²) in [6.07, 6.45) is 1.28. The Morgan fingerprint density at radius 2 is 1.66 bits per heavy atom. The van der Waals surface area contributed by atoms with Gasteiger partial charge in [-0.1, -0.05) is 35.9 Å². The fourth-order valence-corrected chi connectivity index (χ4v) is 6.62. The van der Waals surface area contributed by atoms with Crippen molar-refractivity contribution in [2.75, 3.05) is 31.4 Å². The highest BCUT2D eigenvalue weighted by atomic mass is 35.5. The summed E-state index contributed by atoms with van der Waals surface area (Å²) in [5, 5.41) is 11.9. The van der Waals surface area contributed by atoms with Crippen molar-refractivity contribution < 1.29 is 27.8 Å². The van der Waals surface area contributed by atoms with Gasteiger partial charge in [0.05, 0.1) is 37.5 Å². The molecular weight excluding hydrogens is 564 g/mol. The molecule has 2 heterocycles. The lowest BCUT2D eigenvalue weighted by Gasteiger charge is -2.45. The molecule has 2 aliphatic heterocycles. The highest BCUT2D eigenvalue weighted by Crippen LogP contribution is 2.44. The number of benzene rings is 3. The van der Waals surface area contributed by atoms with Crippen molar-refractivity contribution in [1.82, 2.24) is 4.31 Å². The summed E-state index contributed by atoms with van der Waals surface area (Å²) in [5.41, 5.74) is 2.77.